The predicted molar refractivity (Wildman–Crippen MR) is 76.9 cm³/mol. The molecule has 0 atom stereocenters. The molecule has 0 aliphatic carbocycles. The van der Waals surface area contributed by atoms with Crippen LogP contribution in [0, 0.1) is 0 Å². The molecule has 1 aliphatic heterocycles. The fraction of sp³-hybridized carbons (Fsp3) is 0.176. The molecule has 0 fully saturated rings. The number of hydrogen-bond acceptors (Lipinski definition) is 4. The van der Waals surface area contributed by atoms with E-state index in [9.17, 15) is 9.59 Å². The van der Waals surface area contributed by atoms with Gasteiger partial charge in [0.1, 0.15) is 0 Å². The van der Waals surface area contributed by atoms with Crippen LogP contribution in [0.15, 0.2) is 48.5 Å². The van der Waals surface area contributed by atoms with Crippen LogP contribution in [0.2, 0.25) is 0 Å². The van der Waals surface area contributed by atoms with Crippen molar-refractivity contribution in [1.29, 1.82) is 0 Å². The molecule has 0 saturated carbocycles. The van der Waals surface area contributed by atoms with Gasteiger partial charge in [-0.3, -0.25) is 9.59 Å². The van der Waals surface area contributed by atoms with E-state index in [2.05, 4.69) is 0 Å². The summed E-state index contributed by atoms with van der Waals surface area (Å²) in [5.41, 5.74) is 1.18. The van der Waals surface area contributed by atoms with Gasteiger partial charge in [0.2, 0.25) is 6.79 Å². The molecule has 1 aliphatic rings. The normalized spacial score (nSPS) is 12.2. The largest absolute Gasteiger partial charge is 0.454 e. The summed E-state index contributed by atoms with van der Waals surface area (Å²) in [6.07, 6.45) is 0.394. The van der Waals surface area contributed by atoms with Gasteiger partial charge in [0.05, 0.1) is 0 Å². The molecule has 4 heteroatoms. The van der Waals surface area contributed by atoms with Crippen molar-refractivity contribution in [3.63, 3.8) is 0 Å². The van der Waals surface area contributed by atoms with Gasteiger partial charge >= 0.3 is 0 Å². The van der Waals surface area contributed by atoms with E-state index in [0.717, 1.165) is 0 Å². The SMILES string of the molecule is O=C(CCC(=O)c1ccc2c(c1)OCO2)c1ccccc1. The molecule has 4 nitrogen and oxygen atoms in total. The van der Waals surface area contributed by atoms with Crippen LogP contribution in [0.1, 0.15) is 33.6 Å². The van der Waals surface area contributed by atoms with Gasteiger partial charge in [-0.05, 0) is 18.2 Å². The molecule has 0 unspecified atom stereocenters. The first-order valence-corrected chi connectivity index (χ1v) is 6.75. The Hall–Kier alpha value is -2.62. The maximum atomic E-state index is 12.1. The second kappa shape index (κ2) is 5.79. The van der Waals surface area contributed by atoms with Gasteiger partial charge in [-0.25, -0.2) is 0 Å². The summed E-state index contributed by atoms with van der Waals surface area (Å²) in [5.74, 6) is 1.13. The summed E-state index contributed by atoms with van der Waals surface area (Å²) in [6.45, 7) is 0.180. The summed E-state index contributed by atoms with van der Waals surface area (Å²) < 4.78 is 10.4. The van der Waals surface area contributed by atoms with Crippen molar-refractivity contribution in [1.82, 2.24) is 0 Å². The standard InChI is InChI=1S/C17H14O4/c18-14(12-4-2-1-3-5-12)7-8-15(19)13-6-9-16-17(10-13)21-11-20-16/h1-6,9-10H,7-8,11H2. The van der Waals surface area contributed by atoms with Crippen LogP contribution in [-0.4, -0.2) is 18.4 Å². The average molecular weight is 282 g/mol. The molecule has 0 bridgehead atoms. The number of fused-ring (bicyclic) bond motifs is 1. The highest BCUT2D eigenvalue weighted by atomic mass is 16.7. The van der Waals surface area contributed by atoms with Gasteiger partial charge in [0.25, 0.3) is 0 Å². The lowest BCUT2D eigenvalue weighted by molar-refractivity contribution is 0.0917. The molecule has 0 spiro atoms. The summed E-state index contributed by atoms with van der Waals surface area (Å²) in [7, 11) is 0. The van der Waals surface area contributed by atoms with Crippen LogP contribution in [0.3, 0.4) is 0 Å². The smallest absolute Gasteiger partial charge is 0.231 e. The van der Waals surface area contributed by atoms with Crippen LogP contribution in [0.5, 0.6) is 11.5 Å². The van der Waals surface area contributed by atoms with E-state index in [1.54, 1.807) is 30.3 Å². The molecule has 2 aromatic carbocycles. The van der Waals surface area contributed by atoms with Gasteiger partial charge in [-0.2, -0.15) is 0 Å². The molecular formula is C17H14O4. The molecule has 0 radical (unpaired) electrons. The van der Waals surface area contributed by atoms with E-state index in [0.29, 0.717) is 22.6 Å². The Bertz CT molecular complexity index is 676. The summed E-state index contributed by atoms with van der Waals surface area (Å²) >= 11 is 0. The van der Waals surface area contributed by atoms with E-state index in [4.69, 9.17) is 9.47 Å². The highest BCUT2D eigenvalue weighted by molar-refractivity contribution is 6.02. The van der Waals surface area contributed by atoms with Crippen LogP contribution < -0.4 is 9.47 Å². The molecule has 1 heterocycles. The van der Waals surface area contributed by atoms with E-state index in [1.165, 1.54) is 0 Å². The van der Waals surface area contributed by atoms with Crippen molar-refractivity contribution in [3.8, 4) is 11.5 Å². The summed E-state index contributed by atoms with van der Waals surface area (Å²) in [6, 6.07) is 14.1. The Labute approximate surface area is 122 Å². The number of carbonyl (C=O) groups excluding carboxylic acids is 2. The number of ketones is 2. The van der Waals surface area contributed by atoms with Gasteiger partial charge in [-0.1, -0.05) is 30.3 Å². The summed E-state index contributed by atoms with van der Waals surface area (Å²) in [4.78, 5) is 24.1. The monoisotopic (exact) mass is 282 g/mol. The predicted octanol–water partition coefficient (Wildman–Crippen LogP) is 3.26. The van der Waals surface area contributed by atoms with E-state index in [-0.39, 0.29) is 31.2 Å². The first kappa shape index (κ1) is 13.4. The lowest BCUT2D eigenvalue weighted by Gasteiger charge is -2.03. The van der Waals surface area contributed by atoms with Crippen molar-refractivity contribution in [2.24, 2.45) is 0 Å². The van der Waals surface area contributed by atoms with E-state index >= 15 is 0 Å². The number of benzene rings is 2. The molecule has 2 aromatic rings. The number of rotatable bonds is 5. The third-order valence-corrected chi connectivity index (χ3v) is 3.37. The van der Waals surface area contributed by atoms with E-state index < -0.39 is 0 Å². The van der Waals surface area contributed by atoms with Crippen molar-refractivity contribution in [2.75, 3.05) is 6.79 Å². The Kier molecular flexibility index (Phi) is 3.69. The van der Waals surface area contributed by atoms with Gasteiger partial charge in [0, 0.05) is 24.0 Å². The van der Waals surface area contributed by atoms with Crippen molar-refractivity contribution in [2.45, 2.75) is 12.8 Å². The third kappa shape index (κ3) is 2.94. The molecule has 106 valence electrons. The molecule has 0 amide bonds. The van der Waals surface area contributed by atoms with Crippen LogP contribution in [-0.2, 0) is 0 Å². The maximum Gasteiger partial charge on any atom is 0.231 e. The van der Waals surface area contributed by atoms with Crippen LogP contribution in [0.25, 0.3) is 0 Å². The van der Waals surface area contributed by atoms with Gasteiger partial charge in [0.15, 0.2) is 23.1 Å². The quantitative estimate of drug-likeness (QED) is 0.790. The molecule has 0 aromatic heterocycles. The minimum Gasteiger partial charge on any atom is -0.454 e. The summed E-state index contributed by atoms with van der Waals surface area (Å²) in [5, 5.41) is 0. The first-order valence-electron chi connectivity index (χ1n) is 6.75. The Morgan fingerprint density at radius 2 is 1.48 bits per heavy atom. The topological polar surface area (TPSA) is 52.6 Å². The highest BCUT2D eigenvalue weighted by Gasteiger charge is 2.17. The Morgan fingerprint density at radius 1 is 0.810 bits per heavy atom. The fourth-order valence-electron chi connectivity index (χ4n) is 2.21. The van der Waals surface area contributed by atoms with Crippen LogP contribution >= 0.6 is 0 Å². The first-order chi connectivity index (χ1) is 10.2. The molecular weight excluding hydrogens is 268 g/mol. The lowest BCUT2D eigenvalue weighted by atomic mass is 10.0. The minimum absolute atomic E-state index is 0.0234. The second-order valence-corrected chi connectivity index (χ2v) is 4.78. The fourth-order valence-corrected chi connectivity index (χ4v) is 2.21. The highest BCUT2D eigenvalue weighted by Crippen LogP contribution is 2.32. The zero-order valence-corrected chi connectivity index (χ0v) is 11.4. The van der Waals surface area contributed by atoms with Crippen molar-refractivity contribution < 1.29 is 19.1 Å². The van der Waals surface area contributed by atoms with Crippen molar-refractivity contribution >= 4 is 11.6 Å². The van der Waals surface area contributed by atoms with Gasteiger partial charge < -0.3 is 9.47 Å². The van der Waals surface area contributed by atoms with E-state index in [1.807, 2.05) is 18.2 Å². The lowest BCUT2D eigenvalue weighted by Crippen LogP contribution is -2.05. The van der Waals surface area contributed by atoms with Crippen molar-refractivity contribution in [3.05, 3.63) is 59.7 Å². The molecule has 3 rings (SSSR count). The zero-order valence-electron chi connectivity index (χ0n) is 11.4. The number of carbonyl (C=O) groups is 2. The zero-order chi connectivity index (χ0) is 14.7. The number of ether oxygens (including phenoxy) is 2. The molecule has 0 saturated heterocycles. The number of hydrogen-bond donors (Lipinski definition) is 0. The average Bonchev–Trinajstić information content (AvgIpc) is 3.00. The second-order valence-electron chi connectivity index (χ2n) is 4.78. The molecule has 0 N–H and O–H groups in total. The number of Topliss-reactive ketones (excluding diaryl/α,β-unsaturated/α-hetero) is 2. The maximum absolute atomic E-state index is 12.1. The Morgan fingerprint density at radius 3 is 2.24 bits per heavy atom. The Balaban J connectivity index is 1.63. The minimum atomic E-state index is -0.0717. The molecule has 21 heavy (non-hydrogen) atoms. The van der Waals surface area contributed by atoms with Gasteiger partial charge in [-0.15, -0.1) is 0 Å². The van der Waals surface area contributed by atoms with Crippen LogP contribution in [0.4, 0.5) is 0 Å². The third-order valence-electron chi connectivity index (χ3n) is 3.37.